The highest BCUT2D eigenvalue weighted by Crippen LogP contribution is 2.23. The van der Waals surface area contributed by atoms with Crippen molar-refractivity contribution in [2.75, 3.05) is 10.6 Å². The van der Waals surface area contributed by atoms with Crippen molar-refractivity contribution < 1.29 is 4.39 Å². The molecule has 2 N–H and O–H groups in total. The van der Waals surface area contributed by atoms with Crippen molar-refractivity contribution in [1.82, 2.24) is 0 Å². The average molecular weight is 310 g/mol. The molecule has 0 aliphatic heterocycles. The number of halogens is 1. The highest BCUT2D eigenvalue weighted by Gasteiger charge is 2.06. The average Bonchev–Trinajstić information content (AvgIpc) is 2.52. The van der Waals surface area contributed by atoms with Crippen LogP contribution in [0.5, 0.6) is 0 Å². The zero-order chi connectivity index (χ0) is 15.5. The molecule has 0 heterocycles. The van der Waals surface area contributed by atoms with Gasteiger partial charge in [-0.3, -0.25) is 0 Å². The third-order valence-electron chi connectivity index (χ3n) is 3.55. The van der Waals surface area contributed by atoms with Crippen LogP contribution in [0.4, 0.5) is 15.8 Å². The third-order valence-corrected chi connectivity index (χ3v) is 3.76. The topological polar surface area (TPSA) is 24.1 Å². The maximum Gasteiger partial charge on any atom is 0.175 e. The molecule has 0 radical (unpaired) electrons. The van der Waals surface area contributed by atoms with Crippen molar-refractivity contribution in [3.05, 3.63) is 72.0 Å². The summed E-state index contributed by atoms with van der Waals surface area (Å²) in [4.78, 5) is 0. The molecule has 3 aromatic carbocycles. The van der Waals surface area contributed by atoms with E-state index < -0.39 is 0 Å². The van der Waals surface area contributed by atoms with Crippen LogP contribution in [0, 0.1) is 12.7 Å². The number of anilines is 2. The van der Waals surface area contributed by atoms with Gasteiger partial charge in [0, 0.05) is 22.3 Å². The second-order valence-corrected chi connectivity index (χ2v) is 5.43. The van der Waals surface area contributed by atoms with Gasteiger partial charge >= 0.3 is 0 Å². The molecule has 0 amide bonds. The third kappa shape index (κ3) is 2.92. The molecule has 0 saturated heterocycles. The number of fused-ring (bicyclic) bond motifs is 1. The molecule has 0 aliphatic carbocycles. The summed E-state index contributed by atoms with van der Waals surface area (Å²) >= 11 is 5.34. The van der Waals surface area contributed by atoms with Crippen LogP contribution in [-0.4, -0.2) is 5.11 Å². The Kier molecular flexibility index (Phi) is 4.02. The zero-order valence-corrected chi connectivity index (χ0v) is 12.9. The summed E-state index contributed by atoms with van der Waals surface area (Å²) in [5.74, 6) is -0.252. The number of rotatable bonds is 2. The molecule has 0 atom stereocenters. The summed E-state index contributed by atoms with van der Waals surface area (Å²) in [5.41, 5.74) is 2.13. The predicted molar refractivity (Wildman–Crippen MR) is 94.9 cm³/mol. The van der Waals surface area contributed by atoms with Crippen LogP contribution in [-0.2, 0) is 0 Å². The van der Waals surface area contributed by atoms with E-state index in [2.05, 4.69) is 10.6 Å². The highest BCUT2D eigenvalue weighted by molar-refractivity contribution is 7.80. The van der Waals surface area contributed by atoms with E-state index in [-0.39, 0.29) is 5.82 Å². The van der Waals surface area contributed by atoms with E-state index in [1.165, 1.54) is 6.07 Å². The van der Waals surface area contributed by atoms with Gasteiger partial charge in [-0.15, -0.1) is 0 Å². The standard InChI is InChI=1S/C18H15FN2S/c1-12-15(19)9-5-10-16(12)20-18(22)21-17-11-4-7-13-6-2-3-8-14(13)17/h2-11H,1H3,(H2,20,21,22). The summed E-state index contributed by atoms with van der Waals surface area (Å²) in [6, 6.07) is 19.0. The van der Waals surface area contributed by atoms with Crippen LogP contribution in [0.3, 0.4) is 0 Å². The monoisotopic (exact) mass is 310 g/mol. The molecule has 0 aliphatic rings. The first-order valence-electron chi connectivity index (χ1n) is 6.96. The van der Waals surface area contributed by atoms with Gasteiger partial charge in [-0.1, -0.05) is 42.5 Å². The van der Waals surface area contributed by atoms with E-state index in [4.69, 9.17) is 12.2 Å². The van der Waals surface area contributed by atoms with Crippen molar-refractivity contribution in [3.63, 3.8) is 0 Å². The lowest BCUT2D eigenvalue weighted by atomic mass is 10.1. The van der Waals surface area contributed by atoms with Crippen LogP contribution in [0.15, 0.2) is 60.7 Å². The SMILES string of the molecule is Cc1c(F)cccc1NC(=S)Nc1cccc2ccccc12. The van der Waals surface area contributed by atoms with Gasteiger partial charge in [0.2, 0.25) is 0 Å². The summed E-state index contributed by atoms with van der Waals surface area (Å²) in [5, 5.41) is 8.88. The quantitative estimate of drug-likeness (QED) is 0.644. The zero-order valence-electron chi connectivity index (χ0n) is 12.1. The molecular weight excluding hydrogens is 295 g/mol. The van der Waals surface area contributed by atoms with Gasteiger partial charge in [0.05, 0.1) is 0 Å². The molecule has 3 rings (SSSR count). The molecule has 0 fully saturated rings. The van der Waals surface area contributed by atoms with Crippen molar-refractivity contribution in [2.24, 2.45) is 0 Å². The fourth-order valence-corrected chi connectivity index (χ4v) is 2.57. The van der Waals surface area contributed by atoms with E-state index in [9.17, 15) is 4.39 Å². The lowest BCUT2D eigenvalue weighted by Gasteiger charge is -2.14. The highest BCUT2D eigenvalue weighted by atomic mass is 32.1. The number of thiocarbonyl (C=S) groups is 1. The van der Waals surface area contributed by atoms with E-state index in [1.807, 2.05) is 42.5 Å². The van der Waals surface area contributed by atoms with Crippen molar-refractivity contribution in [1.29, 1.82) is 0 Å². The Balaban J connectivity index is 1.83. The summed E-state index contributed by atoms with van der Waals surface area (Å²) in [6.45, 7) is 1.72. The van der Waals surface area contributed by atoms with Crippen molar-refractivity contribution in [3.8, 4) is 0 Å². The Morgan fingerprint density at radius 1 is 0.864 bits per heavy atom. The molecule has 0 saturated carbocycles. The normalized spacial score (nSPS) is 10.5. The van der Waals surface area contributed by atoms with E-state index in [1.54, 1.807) is 19.1 Å². The summed E-state index contributed by atoms with van der Waals surface area (Å²) < 4.78 is 13.6. The van der Waals surface area contributed by atoms with Crippen molar-refractivity contribution >= 4 is 39.5 Å². The minimum atomic E-state index is -0.252. The summed E-state index contributed by atoms with van der Waals surface area (Å²) in [6.07, 6.45) is 0. The molecule has 0 unspecified atom stereocenters. The van der Waals surface area contributed by atoms with Crippen LogP contribution < -0.4 is 10.6 Å². The van der Waals surface area contributed by atoms with E-state index in [0.717, 1.165) is 16.5 Å². The maximum absolute atomic E-state index is 13.6. The lowest BCUT2D eigenvalue weighted by Crippen LogP contribution is -2.20. The summed E-state index contributed by atoms with van der Waals surface area (Å²) in [7, 11) is 0. The van der Waals surface area contributed by atoms with Gasteiger partial charge < -0.3 is 10.6 Å². The van der Waals surface area contributed by atoms with E-state index in [0.29, 0.717) is 16.4 Å². The van der Waals surface area contributed by atoms with Gasteiger partial charge in [-0.2, -0.15) is 0 Å². The number of hydrogen-bond donors (Lipinski definition) is 2. The van der Waals surface area contributed by atoms with Crippen LogP contribution in [0.1, 0.15) is 5.56 Å². The molecule has 3 aromatic rings. The van der Waals surface area contributed by atoms with Crippen LogP contribution >= 0.6 is 12.2 Å². The Morgan fingerprint density at radius 2 is 1.50 bits per heavy atom. The largest absolute Gasteiger partial charge is 0.332 e. The molecule has 0 spiro atoms. The number of nitrogens with one attached hydrogen (secondary N) is 2. The Morgan fingerprint density at radius 3 is 2.36 bits per heavy atom. The second-order valence-electron chi connectivity index (χ2n) is 5.02. The molecule has 0 bridgehead atoms. The van der Waals surface area contributed by atoms with Gasteiger partial charge in [0.25, 0.3) is 0 Å². The van der Waals surface area contributed by atoms with E-state index >= 15 is 0 Å². The Bertz CT molecular complexity index is 840. The fraction of sp³-hybridized carbons (Fsp3) is 0.0556. The smallest absolute Gasteiger partial charge is 0.175 e. The number of benzene rings is 3. The first-order chi connectivity index (χ1) is 10.6. The lowest BCUT2D eigenvalue weighted by molar-refractivity contribution is 0.619. The Labute approximate surface area is 134 Å². The van der Waals surface area contributed by atoms with Gasteiger partial charge in [0.15, 0.2) is 5.11 Å². The molecule has 4 heteroatoms. The van der Waals surface area contributed by atoms with Gasteiger partial charge in [0.1, 0.15) is 5.82 Å². The minimum absolute atomic E-state index is 0.252. The molecule has 2 nitrogen and oxygen atoms in total. The fourth-order valence-electron chi connectivity index (χ4n) is 2.35. The van der Waals surface area contributed by atoms with Gasteiger partial charge in [-0.25, -0.2) is 4.39 Å². The molecule has 0 aromatic heterocycles. The predicted octanol–water partition coefficient (Wildman–Crippen LogP) is 5.10. The first kappa shape index (κ1) is 14.5. The number of hydrogen-bond acceptors (Lipinski definition) is 1. The minimum Gasteiger partial charge on any atom is -0.332 e. The van der Waals surface area contributed by atoms with Crippen molar-refractivity contribution in [2.45, 2.75) is 6.92 Å². The molecular formula is C18H15FN2S. The molecule has 22 heavy (non-hydrogen) atoms. The Hall–Kier alpha value is -2.46. The van der Waals surface area contributed by atoms with Gasteiger partial charge in [-0.05, 0) is 42.7 Å². The van der Waals surface area contributed by atoms with Crippen LogP contribution in [0.2, 0.25) is 0 Å². The maximum atomic E-state index is 13.6. The first-order valence-corrected chi connectivity index (χ1v) is 7.37. The second kappa shape index (κ2) is 6.12. The van der Waals surface area contributed by atoms with Crippen LogP contribution in [0.25, 0.3) is 10.8 Å². The molecule has 110 valence electrons.